The molecule has 1 aliphatic rings. The number of rotatable bonds is 5. The summed E-state index contributed by atoms with van der Waals surface area (Å²) in [6.07, 6.45) is 1.83. The summed E-state index contributed by atoms with van der Waals surface area (Å²) in [7, 11) is 0. The zero-order chi connectivity index (χ0) is 19.5. The van der Waals surface area contributed by atoms with Gasteiger partial charge in [0.2, 0.25) is 5.91 Å². The topological polar surface area (TPSA) is 62.3 Å². The zero-order valence-electron chi connectivity index (χ0n) is 15.6. The van der Waals surface area contributed by atoms with E-state index in [1.165, 1.54) is 0 Å². The molecule has 1 aliphatic heterocycles. The van der Waals surface area contributed by atoms with E-state index < -0.39 is 6.04 Å². The van der Waals surface area contributed by atoms with E-state index in [2.05, 4.69) is 10.3 Å². The van der Waals surface area contributed by atoms with Crippen molar-refractivity contribution >= 4 is 17.5 Å². The Morgan fingerprint density at radius 3 is 2.68 bits per heavy atom. The van der Waals surface area contributed by atoms with Gasteiger partial charge in [0.15, 0.2) is 0 Å². The number of nitrogens with one attached hydrogen (secondary N) is 1. The van der Waals surface area contributed by atoms with Gasteiger partial charge in [-0.1, -0.05) is 42.5 Å². The Hall–Kier alpha value is -3.47. The van der Waals surface area contributed by atoms with Gasteiger partial charge in [0.1, 0.15) is 0 Å². The van der Waals surface area contributed by atoms with Crippen LogP contribution in [0.25, 0.3) is 0 Å². The van der Waals surface area contributed by atoms with Crippen LogP contribution in [0.4, 0.5) is 5.69 Å². The number of aromatic nitrogens is 1. The Bertz CT molecular complexity index is 1020. The highest BCUT2D eigenvalue weighted by atomic mass is 16.2. The molecule has 1 N–H and O–H groups in total. The number of carbonyl (C=O) groups is 2. The second kappa shape index (κ2) is 7.64. The van der Waals surface area contributed by atoms with Crippen molar-refractivity contribution in [1.82, 2.24) is 10.3 Å². The normalized spacial score (nSPS) is 15.4. The van der Waals surface area contributed by atoms with Gasteiger partial charge in [-0.15, -0.1) is 0 Å². The molecule has 28 heavy (non-hydrogen) atoms. The molecule has 140 valence electrons. The van der Waals surface area contributed by atoms with E-state index in [9.17, 15) is 9.59 Å². The fourth-order valence-electron chi connectivity index (χ4n) is 3.56. The zero-order valence-corrected chi connectivity index (χ0v) is 15.6. The molecule has 2 aromatic carbocycles. The van der Waals surface area contributed by atoms with E-state index in [0.717, 1.165) is 16.8 Å². The molecule has 1 atom stereocenters. The minimum atomic E-state index is -0.415. The molecule has 0 bridgehead atoms. The molecule has 0 aliphatic carbocycles. The van der Waals surface area contributed by atoms with Gasteiger partial charge in [-0.05, 0) is 42.3 Å². The lowest BCUT2D eigenvalue weighted by Gasteiger charge is -2.25. The summed E-state index contributed by atoms with van der Waals surface area (Å²) >= 11 is 0. The third kappa shape index (κ3) is 3.51. The van der Waals surface area contributed by atoms with E-state index in [-0.39, 0.29) is 18.2 Å². The van der Waals surface area contributed by atoms with E-state index in [0.29, 0.717) is 17.8 Å². The van der Waals surface area contributed by atoms with Crippen LogP contribution in [0, 0.1) is 6.92 Å². The minimum Gasteiger partial charge on any atom is -0.352 e. The van der Waals surface area contributed by atoms with Gasteiger partial charge in [-0.25, -0.2) is 0 Å². The standard InChI is InChI=1S/C23H21N3O2/c1-16-7-5-10-18(13-16)26-20(22-19(23(26)28)11-6-12-24-22)14-21(27)25-15-17-8-3-2-4-9-17/h2-13,20H,14-15H2,1H3,(H,25,27). The van der Waals surface area contributed by atoms with Gasteiger partial charge >= 0.3 is 0 Å². The number of benzene rings is 2. The van der Waals surface area contributed by atoms with Crippen LogP contribution in [-0.2, 0) is 11.3 Å². The van der Waals surface area contributed by atoms with Crippen LogP contribution < -0.4 is 10.2 Å². The number of carbonyl (C=O) groups excluding carboxylic acids is 2. The number of aryl methyl sites for hydroxylation is 1. The smallest absolute Gasteiger partial charge is 0.260 e. The predicted molar refractivity (Wildman–Crippen MR) is 108 cm³/mol. The Morgan fingerprint density at radius 2 is 1.89 bits per heavy atom. The first-order valence-electron chi connectivity index (χ1n) is 9.29. The summed E-state index contributed by atoms with van der Waals surface area (Å²) in [6, 6.07) is 20.6. The number of amides is 2. The van der Waals surface area contributed by atoms with Crippen molar-refractivity contribution in [3.05, 3.63) is 95.3 Å². The molecule has 0 fully saturated rings. The lowest BCUT2D eigenvalue weighted by Crippen LogP contribution is -2.33. The molecular formula is C23H21N3O2. The number of pyridine rings is 1. The first-order chi connectivity index (χ1) is 13.6. The fraction of sp³-hybridized carbons (Fsp3) is 0.174. The highest BCUT2D eigenvalue weighted by molar-refractivity contribution is 6.11. The molecule has 2 heterocycles. The molecule has 5 nitrogen and oxygen atoms in total. The third-order valence-electron chi connectivity index (χ3n) is 4.91. The Labute approximate surface area is 164 Å². The summed E-state index contributed by atoms with van der Waals surface area (Å²) in [5.74, 6) is -0.229. The average molecular weight is 371 g/mol. The molecular weight excluding hydrogens is 350 g/mol. The first-order valence-corrected chi connectivity index (χ1v) is 9.29. The van der Waals surface area contributed by atoms with Crippen LogP contribution in [0.1, 0.15) is 39.6 Å². The highest BCUT2D eigenvalue weighted by Gasteiger charge is 2.39. The lowest BCUT2D eigenvalue weighted by atomic mass is 10.1. The lowest BCUT2D eigenvalue weighted by molar-refractivity contribution is -0.121. The Kier molecular flexibility index (Phi) is 4.89. The summed E-state index contributed by atoms with van der Waals surface area (Å²) in [5, 5.41) is 2.95. The van der Waals surface area contributed by atoms with Crippen molar-refractivity contribution in [3.8, 4) is 0 Å². The van der Waals surface area contributed by atoms with Gasteiger partial charge in [0, 0.05) is 18.4 Å². The minimum absolute atomic E-state index is 0.113. The van der Waals surface area contributed by atoms with Crippen molar-refractivity contribution in [2.24, 2.45) is 0 Å². The first kappa shape index (κ1) is 17.9. The quantitative estimate of drug-likeness (QED) is 0.742. The van der Waals surface area contributed by atoms with Crippen molar-refractivity contribution in [1.29, 1.82) is 0 Å². The van der Waals surface area contributed by atoms with Crippen LogP contribution in [0.5, 0.6) is 0 Å². The van der Waals surface area contributed by atoms with E-state index in [4.69, 9.17) is 0 Å². The highest BCUT2D eigenvalue weighted by Crippen LogP contribution is 2.38. The predicted octanol–water partition coefficient (Wildman–Crippen LogP) is 3.80. The monoisotopic (exact) mass is 371 g/mol. The molecule has 2 amide bonds. The average Bonchev–Trinajstić information content (AvgIpc) is 2.99. The number of fused-ring (bicyclic) bond motifs is 1. The van der Waals surface area contributed by atoms with Gasteiger partial charge < -0.3 is 5.32 Å². The SMILES string of the molecule is Cc1cccc(N2C(=O)c3cccnc3C2CC(=O)NCc2ccccc2)c1. The largest absolute Gasteiger partial charge is 0.352 e. The Balaban J connectivity index is 1.58. The molecule has 4 rings (SSSR count). The summed E-state index contributed by atoms with van der Waals surface area (Å²) in [6.45, 7) is 2.44. The summed E-state index contributed by atoms with van der Waals surface area (Å²) in [5.41, 5.74) is 4.09. The maximum atomic E-state index is 13.0. The van der Waals surface area contributed by atoms with Crippen LogP contribution in [-0.4, -0.2) is 16.8 Å². The van der Waals surface area contributed by atoms with E-state index >= 15 is 0 Å². The number of hydrogen-bond donors (Lipinski definition) is 1. The molecule has 3 aromatic rings. The molecule has 5 heteroatoms. The molecule has 0 spiro atoms. The number of nitrogens with zero attached hydrogens (tertiary/aromatic N) is 2. The van der Waals surface area contributed by atoms with Crippen LogP contribution >= 0.6 is 0 Å². The Morgan fingerprint density at radius 1 is 1.07 bits per heavy atom. The maximum Gasteiger partial charge on any atom is 0.260 e. The van der Waals surface area contributed by atoms with Gasteiger partial charge in [-0.2, -0.15) is 0 Å². The summed E-state index contributed by atoms with van der Waals surface area (Å²) < 4.78 is 0. The van der Waals surface area contributed by atoms with E-state index in [1.54, 1.807) is 23.2 Å². The van der Waals surface area contributed by atoms with Crippen molar-refractivity contribution < 1.29 is 9.59 Å². The molecule has 1 unspecified atom stereocenters. The maximum absolute atomic E-state index is 13.0. The second-order valence-corrected chi connectivity index (χ2v) is 6.93. The van der Waals surface area contributed by atoms with Crippen molar-refractivity contribution in [3.63, 3.8) is 0 Å². The number of anilines is 1. The molecule has 0 saturated heterocycles. The van der Waals surface area contributed by atoms with Crippen LogP contribution in [0.15, 0.2) is 72.9 Å². The second-order valence-electron chi connectivity index (χ2n) is 6.93. The third-order valence-corrected chi connectivity index (χ3v) is 4.91. The number of hydrogen-bond acceptors (Lipinski definition) is 3. The van der Waals surface area contributed by atoms with Gasteiger partial charge in [-0.3, -0.25) is 19.5 Å². The fourth-order valence-corrected chi connectivity index (χ4v) is 3.56. The van der Waals surface area contributed by atoms with Crippen molar-refractivity contribution in [2.45, 2.75) is 25.9 Å². The van der Waals surface area contributed by atoms with Crippen LogP contribution in [0.3, 0.4) is 0 Å². The summed E-state index contributed by atoms with van der Waals surface area (Å²) in [4.78, 5) is 31.8. The van der Waals surface area contributed by atoms with E-state index in [1.807, 2.05) is 61.5 Å². The van der Waals surface area contributed by atoms with Crippen molar-refractivity contribution in [2.75, 3.05) is 4.90 Å². The molecule has 1 aromatic heterocycles. The van der Waals surface area contributed by atoms with Crippen LogP contribution in [0.2, 0.25) is 0 Å². The molecule has 0 saturated carbocycles. The van der Waals surface area contributed by atoms with Gasteiger partial charge in [0.25, 0.3) is 5.91 Å². The van der Waals surface area contributed by atoms with Gasteiger partial charge in [0.05, 0.1) is 23.7 Å². The molecule has 0 radical (unpaired) electrons.